The van der Waals surface area contributed by atoms with Crippen molar-refractivity contribution in [1.29, 1.82) is 0 Å². The van der Waals surface area contributed by atoms with Gasteiger partial charge in [0.25, 0.3) is 0 Å². The molecule has 0 saturated heterocycles. The van der Waals surface area contributed by atoms with Crippen molar-refractivity contribution in [3.05, 3.63) is 28.4 Å². The minimum absolute atomic E-state index is 0.313. The zero-order chi connectivity index (χ0) is 11.4. The first-order valence-electron chi connectivity index (χ1n) is 5.71. The second-order valence-electron chi connectivity index (χ2n) is 4.16. The van der Waals surface area contributed by atoms with E-state index >= 15 is 0 Å². The van der Waals surface area contributed by atoms with Gasteiger partial charge in [0.1, 0.15) is 11.1 Å². The van der Waals surface area contributed by atoms with Crippen LogP contribution in [0.2, 0.25) is 0 Å². The molecule has 0 aliphatic carbocycles. The molecule has 2 heterocycles. The zero-order valence-electron chi connectivity index (χ0n) is 9.77. The molecule has 1 aliphatic heterocycles. The van der Waals surface area contributed by atoms with Crippen LogP contribution in [-0.2, 0) is 4.74 Å². The summed E-state index contributed by atoms with van der Waals surface area (Å²) in [5, 5.41) is 6.72. The number of rotatable bonds is 4. The Balaban J connectivity index is 1.79. The maximum atomic E-state index is 5.51. The number of aryl methyl sites for hydroxylation is 1. The predicted molar refractivity (Wildman–Crippen MR) is 66.5 cm³/mol. The molecule has 1 N–H and O–H groups in total. The van der Waals surface area contributed by atoms with E-state index in [0.717, 1.165) is 30.1 Å². The largest absolute Gasteiger partial charge is 0.497 e. The van der Waals surface area contributed by atoms with E-state index in [1.54, 1.807) is 11.3 Å². The van der Waals surface area contributed by atoms with E-state index in [-0.39, 0.29) is 0 Å². The number of hydrogen-bond donors (Lipinski definition) is 1. The molecule has 2 rings (SSSR count). The lowest BCUT2D eigenvalue weighted by Gasteiger charge is -2.21. The summed E-state index contributed by atoms with van der Waals surface area (Å²) in [6, 6.07) is 0.313. The van der Waals surface area contributed by atoms with Crippen molar-refractivity contribution in [2.24, 2.45) is 0 Å². The van der Waals surface area contributed by atoms with Crippen LogP contribution in [-0.4, -0.2) is 17.6 Å². The molecule has 1 aromatic rings. The van der Waals surface area contributed by atoms with Crippen molar-refractivity contribution in [2.45, 2.75) is 38.8 Å². The van der Waals surface area contributed by atoms with Crippen molar-refractivity contribution < 1.29 is 4.74 Å². The predicted octanol–water partition coefficient (Wildman–Crippen LogP) is 2.79. The van der Waals surface area contributed by atoms with Gasteiger partial charge < -0.3 is 10.1 Å². The molecule has 0 amide bonds. The Kier molecular flexibility index (Phi) is 3.96. The van der Waals surface area contributed by atoms with E-state index in [1.807, 2.05) is 13.2 Å². The van der Waals surface area contributed by atoms with Gasteiger partial charge in [0, 0.05) is 17.6 Å². The average Bonchev–Trinajstić information content (AvgIpc) is 2.74. The van der Waals surface area contributed by atoms with E-state index in [4.69, 9.17) is 4.74 Å². The quantitative estimate of drug-likeness (QED) is 0.876. The molecule has 0 aromatic carbocycles. The van der Waals surface area contributed by atoms with Gasteiger partial charge in [-0.15, -0.1) is 11.3 Å². The van der Waals surface area contributed by atoms with Crippen molar-refractivity contribution in [3.63, 3.8) is 0 Å². The van der Waals surface area contributed by atoms with E-state index in [9.17, 15) is 0 Å². The molecule has 88 valence electrons. The maximum Gasteiger partial charge on any atom is 0.110 e. The fourth-order valence-corrected chi connectivity index (χ4v) is 2.53. The lowest BCUT2D eigenvalue weighted by Crippen LogP contribution is -2.31. The third-order valence-electron chi connectivity index (χ3n) is 2.68. The van der Waals surface area contributed by atoms with Crippen LogP contribution < -0.4 is 5.32 Å². The standard InChI is InChI=1S/C12H18N2OS/c1-9-8-16-12(14-9)10(2)13-7-11-5-3-4-6-15-11/h4,6,8,10-11,13H,3,5,7H2,1-2H3. The highest BCUT2D eigenvalue weighted by Crippen LogP contribution is 2.18. The molecule has 0 radical (unpaired) electrons. The molecule has 1 aliphatic rings. The molecule has 0 saturated carbocycles. The van der Waals surface area contributed by atoms with Gasteiger partial charge in [-0.2, -0.15) is 0 Å². The van der Waals surface area contributed by atoms with Gasteiger partial charge in [-0.3, -0.25) is 0 Å². The first kappa shape index (κ1) is 11.6. The summed E-state index contributed by atoms with van der Waals surface area (Å²) < 4.78 is 5.51. The third-order valence-corrected chi connectivity index (χ3v) is 3.83. The van der Waals surface area contributed by atoms with Crippen LogP contribution in [0.15, 0.2) is 17.7 Å². The summed E-state index contributed by atoms with van der Waals surface area (Å²) >= 11 is 1.72. The van der Waals surface area contributed by atoms with Crippen LogP contribution in [0.25, 0.3) is 0 Å². The summed E-state index contributed by atoms with van der Waals surface area (Å²) in [4.78, 5) is 4.48. The van der Waals surface area contributed by atoms with Crippen LogP contribution in [0, 0.1) is 6.92 Å². The monoisotopic (exact) mass is 238 g/mol. The van der Waals surface area contributed by atoms with Crippen molar-refractivity contribution in [2.75, 3.05) is 6.54 Å². The van der Waals surface area contributed by atoms with Crippen molar-refractivity contribution >= 4 is 11.3 Å². The zero-order valence-corrected chi connectivity index (χ0v) is 10.6. The lowest BCUT2D eigenvalue weighted by atomic mass is 10.1. The number of nitrogens with one attached hydrogen (secondary N) is 1. The fourth-order valence-electron chi connectivity index (χ4n) is 1.70. The van der Waals surface area contributed by atoms with Crippen LogP contribution in [0.1, 0.15) is 36.5 Å². The highest BCUT2D eigenvalue weighted by Gasteiger charge is 2.14. The Hall–Kier alpha value is -0.870. The highest BCUT2D eigenvalue weighted by atomic mass is 32.1. The molecular formula is C12H18N2OS. The molecule has 16 heavy (non-hydrogen) atoms. The number of aromatic nitrogens is 1. The van der Waals surface area contributed by atoms with E-state index < -0.39 is 0 Å². The minimum Gasteiger partial charge on any atom is -0.497 e. The van der Waals surface area contributed by atoms with Gasteiger partial charge in [-0.1, -0.05) is 0 Å². The van der Waals surface area contributed by atoms with Crippen LogP contribution >= 0.6 is 11.3 Å². The Morgan fingerprint density at radius 3 is 3.19 bits per heavy atom. The van der Waals surface area contributed by atoms with Gasteiger partial charge in [0.2, 0.25) is 0 Å². The molecule has 0 spiro atoms. The van der Waals surface area contributed by atoms with Gasteiger partial charge in [0.05, 0.1) is 12.3 Å². The first-order chi connectivity index (χ1) is 7.75. The van der Waals surface area contributed by atoms with Crippen LogP contribution in [0.4, 0.5) is 0 Å². The SMILES string of the molecule is Cc1csc(C(C)NCC2CCC=CO2)n1. The third kappa shape index (κ3) is 3.06. The second-order valence-corrected chi connectivity index (χ2v) is 5.05. The van der Waals surface area contributed by atoms with Crippen LogP contribution in [0.5, 0.6) is 0 Å². The Morgan fingerprint density at radius 1 is 1.69 bits per heavy atom. The molecule has 1 aromatic heterocycles. The number of hydrogen-bond acceptors (Lipinski definition) is 4. The minimum atomic E-state index is 0.313. The van der Waals surface area contributed by atoms with Crippen LogP contribution in [0.3, 0.4) is 0 Å². The van der Waals surface area contributed by atoms with E-state index in [1.165, 1.54) is 0 Å². The molecule has 4 heteroatoms. The van der Waals surface area contributed by atoms with Gasteiger partial charge >= 0.3 is 0 Å². The van der Waals surface area contributed by atoms with E-state index in [2.05, 4.69) is 28.7 Å². The topological polar surface area (TPSA) is 34.1 Å². The normalized spacial score (nSPS) is 21.8. The summed E-state index contributed by atoms with van der Waals surface area (Å²) in [5.74, 6) is 0. The molecule has 2 atom stereocenters. The number of nitrogens with zero attached hydrogens (tertiary/aromatic N) is 1. The second kappa shape index (κ2) is 5.46. The van der Waals surface area contributed by atoms with E-state index in [0.29, 0.717) is 12.1 Å². The maximum absolute atomic E-state index is 5.51. The highest BCUT2D eigenvalue weighted by molar-refractivity contribution is 7.09. The smallest absolute Gasteiger partial charge is 0.110 e. The van der Waals surface area contributed by atoms with Crippen molar-refractivity contribution in [3.8, 4) is 0 Å². The Labute approximate surface area is 101 Å². The van der Waals surface area contributed by atoms with Gasteiger partial charge in [0.15, 0.2) is 0 Å². The average molecular weight is 238 g/mol. The van der Waals surface area contributed by atoms with Gasteiger partial charge in [-0.25, -0.2) is 4.98 Å². The molecule has 0 fully saturated rings. The summed E-state index contributed by atoms with van der Waals surface area (Å²) in [7, 11) is 0. The van der Waals surface area contributed by atoms with Gasteiger partial charge in [-0.05, 0) is 32.8 Å². The van der Waals surface area contributed by atoms with Crippen molar-refractivity contribution in [1.82, 2.24) is 10.3 Å². The summed E-state index contributed by atoms with van der Waals surface area (Å²) in [5.41, 5.74) is 1.10. The number of ether oxygens (including phenoxy) is 1. The Bertz CT molecular complexity index is 362. The summed E-state index contributed by atoms with van der Waals surface area (Å²) in [6.07, 6.45) is 6.43. The Morgan fingerprint density at radius 2 is 2.56 bits per heavy atom. The molecular weight excluding hydrogens is 220 g/mol. The fraction of sp³-hybridized carbons (Fsp3) is 0.583. The summed E-state index contributed by atoms with van der Waals surface area (Å²) in [6.45, 7) is 5.07. The molecule has 3 nitrogen and oxygen atoms in total. The molecule has 2 unspecified atom stereocenters. The first-order valence-corrected chi connectivity index (χ1v) is 6.59. The number of allylic oxidation sites excluding steroid dienone is 1. The number of thiazole rings is 1. The lowest BCUT2D eigenvalue weighted by molar-refractivity contribution is 0.120. The molecule has 0 bridgehead atoms.